The molecule has 2 aromatic carbocycles. The first-order valence-corrected chi connectivity index (χ1v) is 15.1. The Morgan fingerprint density at radius 2 is 1.25 bits per heavy atom. The second-order valence-electron chi connectivity index (χ2n) is 11.2. The van der Waals surface area contributed by atoms with Crippen LogP contribution in [0.2, 0.25) is 0 Å². The van der Waals surface area contributed by atoms with Gasteiger partial charge < -0.3 is 43.6 Å². The Hall–Kier alpha value is -5.02. The summed E-state index contributed by atoms with van der Waals surface area (Å²) in [4.78, 5) is 73.0. The number of ether oxygens (including phenoxy) is 7. The fraction of sp³-hybridized carbons (Fsp3) is 0.455. The Bertz CT molecular complexity index is 1500. The van der Waals surface area contributed by atoms with E-state index in [0.29, 0.717) is 0 Å². The number of carbonyl (C=O) groups excluding carboxylic acids is 5. The van der Waals surface area contributed by atoms with Crippen molar-refractivity contribution in [3.05, 3.63) is 59.7 Å². The van der Waals surface area contributed by atoms with Gasteiger partial charge in [0, 0.05) is 33.6 Å². The molecule has 0 radical (unpaired) electrons. The predicted molar refractivity (Wildman–Crippen MR) is 162 cm³/mol. The first-order valence-electron chi connectivity index (χ1n) is 15.1. The molecule has 1 aliphatic carbocycles. The van der Waals surface area contributed by atoms with Crippen LogP contribution < -0.4 is 5.32 Å². The third-order valence-corrected chi connectivity index (χ3v) is 7.65. The fourth-order valence-corrected chi connectivity index (χ4v) is 5.74. The zero-order valence-corrected chi connectivity index (χ0v) is 26.9. The molecule has 7 atom stereocenters. The van der Waals surface area contributed by atoms with Crippen molar-refractivity contribution >= 4 is 35.9 Å². The van der Waals surface area contributed by atoms with E-state index in [1.54, 1.807) is 0 Å². The molecule has 48 heavy (non-hydrogen) atoms. The Labute approximate surface area is 275 Å². The third-order valence-electron chi connectivity index (χ3n) is 7.65. The number of hydrogen-bond donors (Lipinski definition) is 2. The van der Waals surface area contributed by atoms with Crippen molar-refractivity contribution in [3.8, 4) is 11.1 Å². The lowest BCUT2D eigenvalue weighted by Crippen LogP contribution is -2.64. The minimum Gasteiger partial charge on any atom is -0.480 e. The van der Waals surface area contributed by atoms with Crippen LogP contribution in [-0.4, -0.2) is 97.1 Å². The minimum atomic E-state index is -1.72. The van der Waals surface area contributed by atoms with Gasteiger partial charge in [-0.3, -0.25) is 19.2 Å². The van der Waals surface area contributed by atoms with E-state index < -0.39 is 85.4 Å². The highest BCUT2D eigenvalue weighted by Crippen LogP contribution is 2.44. The average molecular weight is 672 g/mol. The molecule has 1 saturated heterocycles. The number of rotatable bonds is 12. The maximum atomic E-state index is 13.0. The number of hydrogen-bond acceptors (Lipinski definition) is 13. The van der Waals surface area contributed by atoms with E-state index in [4.69, 9.17) is 33.2 Å². The molecule has 0 bridgehead atoms. The van der Waals surface area contributed by atoms with E-state index in [2.05, 4.69) is 5.32 Å². The molecule has 0 unspecified atom stereocenters. The lowest BCUT2D eigenvalue weighted by atomic mass is 9.98. The van der Waals surface area contributed by atoms with Crippen LogP contribution in [0, 0.1) is 0 Å². The van der Waals surface area contributed by atoms with Crippen LogP contribution in [0.4, 0.5) is 4.79 Å². The number of carboxylic acid groups (broad SMARTS) is 1. The minimum absolute atomic E-state index is 0.0822. The maximum absolute atomic E-state index is 13.0. The number of aliphatic carboxylic acids is 1. The van der Waals surface area contributed by atoms with Crippen LogP contribution in [0.5, 0.6) is 0 Å². The molecule has 15 nitrogen and oxygen atoms in total. The molecule has 1 heterocycles. The molecule has 1 aliphatic heterocycles. The second kappa shape index (κ2) is 15.7. The van der Waals surface area contributed by atoms with Gasteiger partial charge in [0.15, 0.2) is 30.6 Å². The SMILES string of the molecule is CC(=O)OC[C@@H]1O[C@H](O[C@@H](C)[C@H](NC(=O)OCC2c3ccccc3-c3ccccc32)C(=O)O)[C@@H](OC(C)=O)[C@H](OC(C)=O)[C@@H]1OC(C)=O. The molecule has 0 spiro atoms. The zero-order valence-electron chi connectivity index (χ0n) is 26.9. The largest absolute Gasteiger partial charge is 0.480 e. The number of nitrogens with one attached hydrogen (secondary N) is 1. The summed E-state index contributed by atoms with van der Waals surface area (Å²) in [7, 11) is 0. The van der Waals surface area contributed by atoms with Gasteiger partial charge in [0.25, 0.3) is 0 Å². The van der Waals surface area contributed by atoms with Crippen LogP contribution >= 0.6 is 0 Å². The topological polar surface area (TPSA) is 199 Å². The van der Waals surface area contributed by atoms with Crippen LogP contribution in [-0.2, 0) is 57.1 Å². The molecule has 2 aliphatic rings. The maximum Gasteiger partial charge on any atom is 0.407 e. The van der Waals surface area contributed by atoms with Crippen LogP contribution in [0.3, 0.4) is 0 Å². The van der Waals surface area contributed by atoms with E-state index >= 15 is 0 Å². The monoisotopic (exact) mass is 671 g/mol. The summed E-state index contributed by atoms with van der Waals surface area (Å²) in [5, 5.41) is 12.3. The smallest absolute Gasteiger partial charge is 0.407 e. The van der Waals surface area contributed by atoms with Gasteiger partial charge in [-0.2, -0.15) is 0 Å². The third kappa shape index (κ3) is 8.66. The van der Waals surface area contributed by atoms with Crippen molar-refractivity contribution in [2.75, 3.05) is 13.2 Å². The lowest BCUT2D eigenvalue weighted by molar-refractivity contribution is -0.316. The van der Waals surface area contributed by atoms with Crippen molar-refractivity contribution in [1.82, 2.24) is 5.32 Å². The van der Waals surface area contributed by atoms with Crippen LogP contribution in [0.25, 0.3) is 11.1 Å². The lowest BCUT2D eigenvalue weighted by Gasteiger charge is -2.44. The van der Waals surface area contributed by atoms with E-state index in [-0.39, 0.29) is 12.5 Å². The zero-order chi connectivity index (χ0) is 35.1. The van der Waals surface area contributed by atoms with Crippen molar-refractivity contribution < 1.29 is 67.0 Å². The highest BCUT2D eigenvalue weighted by atomic mass is 16.7. The quantitative estimate of drug-likeness (QED) is 0.246. The molecule has 2 N–H and O–H groups in total. The Balaban J connectivity index is 1.52. The van der Waals surface area contributed by atoms with Gasteiger partial charge in [0.2, 0.25) is 0 Å². The fourth-order valence-electron chi connectivity index (χ4n) is 5.74. The van der Waals surface area contributed by atoms with Crippen molar-refractivity contribution in [2.24, 2.45) is 0 Å². The number of amides is 1. The Kier molecular flexibility index (Phi) is 11.7. The summed E-state index contributed by atoms with van der Waals surface area (Å²) >= 11 is 0. The summed E-state index contributed by atoms with van der Waals surface area (Å²) in [6.45, 7) is 5.02. The molecule has 1 amide bonds. The molecule has 258 valence electrons. The number of esters is 4. The van der Waals surface area contributed by atoms with Crippen LogP contribution in [0.1, 0.15) is 51.7 Å². The summed E-state index contributed by atoms with van der Waals surface area (Å²) in [6.07, 6.45) is -9.95. The van der Waals surface area contributed by atoms with Gasteiger partial charge in [-0.15, -0.1) is 0 Å². The number of carboxylic acids is 1. The van der Waals surface area contributed by atoms with Crippen LogP contribution in [0.15, 0.2) is 48.5 Å². The molecule has 0 aromatic heterocycles. The second-order valence-corrected chi connectivity index (χ2v) is 11.2. The molecule has 15 heteroatoms. The first-order chi connectivity index (χ1) is 22.8. The predicted octanol–water partition coefficient (Wildman–Crippen LogP) is 2.47. The van der Waals surface area contributed by atoms with Crippen molar-refractivity contribution in [1.29, 1.82) is 0 Å². The molecule has 4 rings (SSSR count). The highest BCUT2D eigenvalue weighted by molar-refractivity contribution is 5.81. The Morgan fingerprint density at radius 3 is 1.77 bits per heavy atom. The van der Waals surface area contributed by atoms with E-state index in [0.717, 1.165) is 49.9 Å². The Morgan fingerprint density at radius 1 is 0.729 bits per heavy atom. The molecule has 2 aromatic rings. The molecular weight excluding hydrogens is 634 g/mol. The highest BCUT2D eigenvalue weighted by Gasteiger charge is 2.53. The summed E-state index contributed by atoms with van der Waals surface area (Å²) in [5.41, 5.74) is 3.94. The van der Waals surface area contributed by atoms with E-state index in [1.165, 1.54) is 6.92 Å². The molecular formula is C33H37NO14. The summed E-state index contributed by atoms with van der Waals surface area (Å²) in [6, 6.07) is 13.7. The average Bonchev–Trinajstić information content (AvgIpc) is 3.33. The number of benzene rings is 2. The first kappa shape index (κ1) is 35.8. The van der Waals surface area contributed by atoms with Gasteiger partial charge >= 0.3 is 35.9 Å². The van der Waals surface area contributed by atoms with Crippen molar-refractivity contribution in [3.63, 3.8) is 0 Å². The van der Waals surface area contributed by atoms with Gasteiger partial charge in [0.1, 0.15) is 19.3 Å². The van der Waals surface area contributed by atoms with E-state index in [1.807, 2.05) is 48.5 Å². The van der Waals surface area contributed by atoms with E-state index in [9.17, 15) is 33.9 Å². The summed E-state index contributed by atoms with van der Waals surface area (Å²) in [5.74, 6) is -5.03. The van der Waals surface area contributed by atoms with Gasteiger partial charge in [-0.1, -0.05) is 48.5 Å². The summed E-state index contributed by atoms with van der Waals surface area (Å²) < 4.78 is 38.3. The molecule has 1 fully saturated rings. The number of fused-ring (bicyclic) bond motifs is 3. The standard InChI is InChI=1S/C33H37NO14/c1-16(27(31(39)40)34-33(41)43-14-25-23-12-8-6-10-21(23)22-11-7-9-13-24(22)25)44-32-30(47-20(5)38)29(46-19(4)37)28(45-18(3)36)26(48-32)15-42-17(2)35/h6-13,16,25-30,32H,14-15H2,1-5H3,(H,34,41)(H,39,40)/t16-,26-,27-,28+,29+,30-,32-/m0/s1. The molecule has 0 saturated carbocycles. The van der Waals surface area contributed by atoms with Gasteiger partial charge in [-0.05, 0) is 29.2 Å². The van der Waals surface area contributed by atoms with Gasteiger partial charge in [-0.25, -0.2) is 9.59 Å². The van der Waals surface area contributed by atoms with Crippen molar-refractivity contribution in [2.45, 2.75) is 83.4 Å². The van der Waals surface area contributed by atoms with Gasteiger partial charge in [0.05, 0.1) is 6.10 Å². The number of alkyl carbamates (subject to hydrolysis) is 1. The normalized spacial score (nSPS) is 22.6. The number of carbonyl (C=O) groups is 6.